The lowest BCUT2D eigenvalue weighted by Gasteiger charge is -2.18. The molecule has 1 saturated carbocycles. The van der Waals surface area contributed by atoms with Crippen LogP contribution >= 0.6 is 11.3 Å². The number of aromatic nitrogens is 1. The second-order valence-corrected chi connectivity index (χ2v) is 5.36. The average molecular weight is 226 g/mol. The van der Waals surface area contributed by atoms with Crippen LogP contribution in [0.25, 0.3) is 0 Å². The number of nitrogens with zero attached hydrogens (tertiary/aromatic N) is 1. The van der Waals surface area contributed by atoms with Crippen molar-refractivity contribution in [1.29, 1.82) is 0 Å². The molecule has 15 heavy (non-hydrogen) atoms. The van der Waals surface area contributed by atoms with E-state index in [2.05, 4.69) is 10.3 Å². The molecule has 1 aliphatic carbocycles. The van der Waals surface area contributed by atoms with Crippen molar-refractivity contribution in [3.8, 4) is 0 Å². The summed E-state index contributed by atoms with van der Waals surface area (Å²) in [5, 5.41) is 4.70. The predicted octanol–water partition coefficient (Wildman–Crippen LogP) is 2.11. The van der Waals surface area contributed by atoms with Gasteiger partial charge in [0.15, 0.2) is 0 Å². The molecule has 0 radical (unpaired) electrons. The lowest BCUT2D eigenvalue weighted by Crippen LogP contribution is -2.36. The minimum Gasteiger partial charge on any atom is -0.380 e. The standard InChI is InChI=1S/C11H18N2OS/c1-8-12-6-9(15-8)7-13-10-4-3-5-11(10)14-2/h6,10-11,13H,3-5,7H2,1-2H3. The molecule has 1 aromatic heterocycles. The van der Waals surface area contributed by atoms with E-state index in [9.17, 15) is 0 Å². The van der Waals surface area contributed by atoms with Gasteiger partial charge in [-0.05, 0) is 26.2 Å². The van der Waals surface area contributed by atoms with E-state index < -0.39 is 0 Å². The average Bonchev–Trinajstić information content (AvgIpc) is 2.83. The topological polar surface area (TPSA) is 34.1 Å². The molecule has 1 heterocycles. The van der Waals surface area contributed by atoms with Gasteiger partial charge < -0.3 is 10.1 Å². The normalized spacial score (nSPS) is 26.0. The first-order valence-corrected chi connectivity index (χ1v) is 6.28. The molecule has 1 fully saturated rings. The van der Waals surface area contributed by atoms with Gasteiger partial charge in [0, 0.05) is 30.8 Å². The van der Waals surface area contributed by atoms with Crippen molar-refractivity contribution in [3.63, 3.8) is 0 Å². The quantitative estimate of drug-likeness (QED) is 0.854. The van der Waals surface area contributed by atoms with Crippen molar-refractivity contribution in [2.24, 2.45) is 0 Å². The van der Waals surface area contributed by atoms with E-state index in [1.165, 1.54) is 24.1 Å². The second kappa shape index (κ2) is 5.05. The van der Waals surface area contributed by atoms with Crippen LogP contribution in [-0.4, -0.2) is 24.2 Å². The molecule has 4 heteroatoms. The fourth-order valence-corrected chi connectivity index (χ4v) is 2.91. The van der Waals surface area contributed by atoms with Gasteiger partial charge in [0.05, 0.1) is 11.1 Å². The van der Waals surface area contributed by atoms with Crippen LogP contribution < -0.4 is 5.32 Å². The molecule has 0 bridgehead atoms. The Balaban J connectivity index is 1.82. The molecule has 0 amide bonds. The van der Waals surface area contributed by atoms with Crippen molar-refractivity contribution in [2.45, 2.75) is 44.9 Å². The van der Waals surface area contributed by atoms with Crippen LogP contribution in [0.1, 0.15) is 29.1 Å². The highest BCUT2D eigenvalue weighted by molar-refractivity contribution is 7.11. The highest BCUT2D eigenvalue weighted by Crippen LogP contribution is 2.22. The van der Waals surface area contributed by atoms with Gasteiger partial charge >= 0.3 is 0 Å². The molecule has 0 saturated heterocycles. The first kappa shape index (κ1) is 11.0. The number of thiazole rings is 1. The molecule has 2 atom stereocenters. The van der Waals surface area contributed by atoms with Crippen LogP contribution in [0.3, 0.4) is 0 Å². The summed E-state index contributed by atoms with van der Waals surface area (Å²) < 4.78 is 5.44. The van der Waals surface area contributed by atoms with Crippen molar-refractivity contribution in [3.05, 3.63) is 16.1 Å². The molecule has 1 N–H and O–H groups in total. The van der Waals surface area contributed by atoms with Gasteiger partial charge in [-0.25, -0.2) is 4.98 Å². The maximum atomic E-state index is 5.44. The first-order valence-electron chi connectivity index (χ1n) is 5.47. The van der Waals surface area contributed by atoms with Gasteiger partial charge in [0.2, 0.25) is 0 Å². The first-order chi connectivity index (χ1) is 7.29. The largest absolute Gasteiger partial charge is 0.380 e. The molecule has 84 valence electrons. The Morgan fingerprint density at radius 2 is 2.47 bits per heavy atom. The van der Waals surface area contributed by atoms with Gasteiger partial charge in [-0.15, -0.1) is 11.3 Å². The van der Waals surface area contributed by atoms with Crippen molar-refractivity contribution >= 4 is 11.3 Å². The third-order valence-corrected chi connectivity index (χ3v) is 3.88. The van der Waals surface area contributed by atoms with E-state index in [0.29, 0.717) is 12.1 Å². The van der Waals surface area contributed by atoms with E-state index in [0.717, 1.165) is 11.6 Å². The van der Waals surface area contributed by atoms with Crippen molar-refractivity contribution < 1.29 is 4.74 Å². The summed E-state index contributed by atoms with van der Waals surface area (Å²) >= 11 is 1.77. The maximum Gasteiger partial charge on any atom is 0.0897 e. The lowest BCUT2D eigenvalue weighted by molar-refractivity contribution is 0.0848. The zero-order valence-electron chi connectivity index (χ0n) is 9.32. The summed E-state index contributed by atoms with van der Waals surface area (Å²) in [5.41, 5.74) is 0. The zero-order chi connectivity index (χ0) is 10.7. The molecule has 2 rings (SSSR count). The van der Waals surface area contributed by atoms with E-state index in [4.69, 9.17) is 4.74 Å². The monoisotopic (exact) mass is 226 g/mol. The van der Waals surface area contributed by atoms with Gasteiger partial charge in [-0.2, -0.15) is 0 Å². The molecule has 1 aromatic rings. The Kier molecular flexibility index (Phi) is 3.72. The zero-order valence-corrected chi connectivity index (χ0v) is 10.1. The van der Waals surface area contributed by atoms with Gasteiger partial charge in [-0.3, -0.25) is 0 Å². The smallest absolute Gasteiger partial charge is 0.0897 e. The summed E-state index contributed by atoms with van der Waals surface area (Å²) in [4.78, 5) is 5.56. The van der Waals surface area contributed by atoms with Crippen molar-refractivity contribution in [2.75, 3.05) is 7.11 Å². The highest BCUT2D eigenvalue weighted by atomic mass is 32.1. The Morgan fingerprint density at radius 1 is 1.60 bits per heavy atom. The molecule has 1 aliphatic rings. The minimum atomic E-state index is 0.402. The molecule has 0 aliphatic heterocycles. The van der Waals surface area contributed by atoms with Gasteiger partial charge in [-0.1, -0.05) is 0 Å². The van der Waals surface area contributed by atoms with Crippen LogP contribution in [0, 0.1) is 6.92 Å². The lowest BCUT2D eigenvalue weighted by atomic mass is 10.2. The third-order valence-electron chi connectivity index (χ3n) is 2.96. The molecule has 3 nitrogen and oxygen atoms in total. The predicted molar refractivity (Wildman–Crippen MR) is 62.1 cm³/mol. The summed E-state index contributed by atoms with van der Waals surface area (Å²) in [5.74, 6) is 0. The van der Waals surface area contributed by atoms with Crippen LogP contribution in [0.5, 0.6) is 0 Å². The van der Waals surface area contributed by atoms with Gasteiger partial charge in [0.1, 0.15) is 0 Å². The Bertz CT molecular complexity index is 313. The van der Waals surface area contributed by atoms with Crippen LogP contribution in [0.15, 0.2) is 6.20 Å². The minimum absolute atomic E-state index is 0.402. The number of ether oxygens (including phenoxy) is 1. The fraction of sp³-hybridized carbons (Fsp3) is 0.727. The highest BCUT2D eigenvalue weighted by Gasteiger charge is 2.26. The van der Waals surface area contributed by atoms with Crippen LogP contribution in [0.2, 0.25) is 0 Å². The molecule has 0 spiro atoms. The number of hydrogen-bond acceptors (Lipinski definition) is 4. The van der Waals surface area contributed by atoms with Crippen molar-refractivity contribution in [1.82, 2.24) is 10.3 Å². The van der Waals surface area contributed by atoms with Gasteiger partial charge in [0.25, 0.3) is 0 Å². The molecule has 0 aromatic carbocycles. The van der Waals surface area contributed by atoms with Crippen LogP contribution in [0.4, 0.5) is 0 Å². The molecule has 2 unspecified atom stereocenters. The number of nitrogens with one attached hydrogen (secondary N) is 1. The number of methoxy groups -OCH3 is 1. The third kappa shape index (κ3) is 2.77. The van der Waals surface area contributed by atoms with E-state index in [1.54, 1.807) is 11.3 Å². The summed E-state index contributed by atoms with van der Waals surface area (Å²) in [6.07, 6.45) is 6.06. The van der Waals surface area contributed by atoms with E-state index >= 15 is 0 Å². The Hall–Kier alpha value is -0.450. The Labute approximate surface area is 94.9 Å². The number of aryl methyl sites for hydroxylation is 1. The summed E-state index contributed by atoms with van der Waals surface area (Å²) in [6, 6.07) is 0.525. The fourth-order valence-electron chi connectivity index (χ4n) is 2.16. The number of rotatable bonds is 4. The second-order valence-electron chi connectivity index (χ2n) is 4.04. The SMILES string of the molecule is COC1CCCC1NCc1cnc(C)s1. The molecular weight excluding hydrogens is 208 g/mol. The van der Waals surface area contributed by atoms with Crippen LogP contribution in [-0.2, 0) is 11.3 Å². The summed E-state index contributed by atoms with van der Waals surface area (Å²) in [7, 11) is 1.81. The Morgan fingerprint density at radius 3 is 3.13 bits per heavy atom. The van der Waals surface area contributed by atoms with E-state index in [1.807, 2.05) is 20.2 Å². The number of hydrogen-bond donors (Lipinski definition) is 1. The maximum absolute atomic E-state index is 5.44. The molecular formula is C11H18N2OS. The van der Waals surface area contributed by atoms with E-state index in [-0.39, 0.29) is 0 Å². The summed E-state index contributed by atoms with van der Waals surface area (Å²) in [6.45, 7) is 2.97.